The molecule has 0 spiro atoms. The molecular weight excluding hydrogens is 234 g/mol. The Morgan fingerprint density at radius 1 is 1.47 bits per heavy atom. The third kappa shape index (κ3) is 3.34. The zero-order chi connectivity index (χ0) is 11.6. The Kier molecular flexibility index (Phi) is 4.46. The summed E-state index contributed by atoms with van der Waals surface area (Å²) >= 11 is 1.66. The van der Waals surface area contributed by atoms with Crippen LogP contribution in [0.15, 0.2) is 0 Å². The van der Waals surface area contributed by atoms with Gasteiger partial charge in [0.05, 0.1) is 6.10 Å². The minimum atomic E-state index is -3.06. The molecule has 6 heteroatoms. The van der Waals surface area contributed by atoms with Gasteiger partial charge in [0.1, 0.15) is 5.37 Å². The molecule has 0 radical (unpaired) electrons. The third-order valence-electron chi connectivity index (χ3n) is 2.84. The van der Waals surface area contributed by atoms with Gasteiger partial charge in [0.2, 0.25) is 0 Å². The lowest BCUT2D eigenvalue weighted by molar-refractivity contribution is 0.0685. The van der Waals surface area contributed by atoms with Gasteiger partial charge in [0.15, 0.2) is 9.84 Å². The van der Waals surface area contributed by atoms with E-state index in [0.29, 0.717) is 5.75 Å². The van der Waals surface area contributed by atoms with E-state index in [9.17, 15) is 13.5 Å². The molecule has 1 fully saturated rings. The molecule has 90 valence electrons. The van der Waals surface area contributed by atoms with E-state index in [2.05, 4.69) is 0 Å². The van der Waals surface area contributed by atoms with E-state index in [1.807, 2.05) is 11.8 Å². The molecule has 1 saturated heterocycles. The average Bonchev–Trinajstić information content (AvgIpc) is 2.15. The lowest BCUT2D eigenvalue weighted by Crippen LogP contribution is -2.53. The number of nitrogens with zero attached hydrogens (tertiary/aromatic N) is 1. The van der Waals surface area contributed by atoms with Crippen LogP contribution >= 0.6 is 11.8 Å². The van der Waals surface area contributed by atoms with Gasteiger partial charge in [-0.05, 0) is 13.8 Å². The summed E-state index contributed by atoms with van der Waals surface area (Å²) in [5, 5.41) is 9.07. The van der Waals surface area contributed by atoms with Gasteiger partial charge < -0.3 is 5.11 Å². The predicted octanol–water partition coefficient (Wildman–Crippen LogP) is 0.175. The molecule has 3 atom stereocenters. The van der Waals surface area contributed by atoms with Crippen LogP contribution in [0.1, 0.15) is 13.8 Å². The normalized spacial score (nSPS) is 28.7. The molecule has 1 rings (SSSR count). The lowest BCUT2D eigenvalue weighted by atomic mass is 10.2. The molecule has 0 aromatic carbocycles. The summed E-state index contributed by atoms with van der Waals surface area (Å²) in [5.41, 5.74) is 0. The van der Waals surface area contributed by atoms with E-state index in [-0.39, 0.29) is 6.04 Å². The predicted molar refractivity (Wildman–Crippen MR) is 63.8 cm³/mol. The fraction of sp³-hybridized carbons (Fsp3) is 1.00. The van der Waals surface area contributed by atoms with Crippen LogP contribution in [0.2, 0.25) is 0 Å². The van der Waals surface area contributed by atoms with Crippen molar-refractivity contribution in [2.75, 3.05) is 24.3 Å². The van der Waals surface area contributed by atoms with Gasteiger partial charge in [-0.2, -0.15) is 11.8 Å². The van der Waals surface area contributed by atoms with Crippen molar-refractivity contribution in [3.63, 3.8) is 0 Å². The fourth-order valence-corrected chi connectivity index (χ4v) is 4.67. The monoisotopic (exact) mass is 253 g/mol. The van der Waals surface area contributed by atoms with Gasteiger partial charge in [-0.3, -0.25) is 4.90 Å². The average molecular weight is 253 g/mol. The number of aliphatic hydroxyl groups excluding tert-OH is 1. The number of thioether (sulfide) groups is 1. The Hall–Kier alpha value is 0.220. The maximum absolute atomic E-state index is 11.6. The van der Waals surface area contributed by atoms with Crippen LogP contribution < -0.4 is 0 Å². The van der Waals surface area contributed by atoms with Crippen molar-refractivity contribution in [3.8, 4) is 0 Å². The van der Waals surface area contributed by atoms with Gasteiger partial charge in [-0.25, -0.2) is 8.42 Å². The summed E-state index contributed by atoms with van der Waals surface area (Å²) in [6, 6.07) is -0.106. The Bertz CT molecular complexity index is 302. The molecule has 0 bridgehead atoms. The molecular formula is C9H19NO3S2. The molecule has 4 nitrogen and oxygen atoms in total. The van der Waals surface area contributed by atoms with Crippen molar-refractivity contribution in [1.82, 2.24) is 4.90 Å². The van der Waals surface area contributed by atoms with Crippen LogP contribution in [0.4, 0.5) is 0 Å². The lowest BCUT2D eigenvalue weighted by Gasteiger charge is -2.39. The Morgan fingerprint density at radius 3 is 2.53 bits per heavy atom. The van der Waals surface area contributed by atoms with Crippen LogP contribution in [0, 0.1) is 0 Å². The summed E-state index contributed by atoms with van der Waals surface area (Å²) in [6.45, 7) is 4.30. The van der Waals surface area contributed by atoms with Crippen molar-refractivity contribution in [3.05, 3.63) is 0 Å². The summed E-state index contributed by atoms with van der Waals surface area (Å²) in [4.78, 5) is 1.90. The minimum Gasteiger partial charge on any atom is -0.392 e. The van der Waals surface area contributed by atoms with Gasteiger partial charge in [-0.1, -0.05) is 0 Å². The second kappa shape index (κ2) is 5.03. The largest absolute Gasteiger partial charge is 0.392 e. The van der Waals surface area contributed by atoms with E-state index in [4.69, 9.17) is 0 Å². The topological polar surface area (TPSA) is 57.6 Å². The van der Waals surface area contributed by atoms with E-state index in [1.165, 1.54) is 6.26 Å². The van der Waals surface area contributed by atoms with Crippen molar-refractivity contribution in [2.45, 2.75) is 31.4 Å². The molecule has 1 aliphatic rings. The highest BCUT2D eigenvalue weighted by Gasteiger charge is 2.35. The Labute approximate surface area is 96.0 Å². The zero-order valence-corrected chi connectivity index (χ0v) is 11.0. The first kappa shape index (κ1) is 13.3. The molecule has 1 aliphatic heterocycles. The van der Waals surface area contributed by atoms with Gasteiger partial charge >= 0.3 is 0 Å². The highest BCUT2D eigenvalue weighted by molar-refractivity contribution is 8.00. The smallest absolute Gasteiger partial charge is 0.164 e. The quantitative estimate of drug-likeness (QED) is 0.777. The van der Waals surface area contributed by atoms with Gasteiger partial charge in [0.25, 0.3) is 0 Å². The molecule has 15 heavy (non-hydrogen) atoms. The van der Waals surface area contributed by atoms with Crippen LogP contribution in [0.25, 0.3) is 0 Å². The first-order valence-electron chi connectivity index (χ1n) is 5.04. The number of hydrogen-bond acceptors (Lipinski definition) is 5. The molecule has 0 aliphatic carbocycles. The van der Waals surface area contributed by atoms with E-state index < -0.39 is 21.3 Å². The number of rotatable bonds is 3. The number of aliphatic hydroxyl groups is 1. The Balaban J connectivity index is 2.83. The van der Waals surface area contributed by atoms with E-state index in [0.717, 1.165) is 12.3 Å². The molecule has 0 aromatic heterocycles. The molecule has 0 amide bonds. The molecule has 1 N–H and O–H groups in total. The fourth-order valence-electron chi connectivity index (χ4n) is 1.71. The molecule has 1 heterocycles. The Morgan fingerprint density at radius 2 is 2.07 bits per heavy atom. The van der Waals surface area contributed by atoms with Crippen molar-refractivity contribution >= 4 is 21.6 Å². The van der Waals surface area contributed by atoms with Gasteiger partial charge in [-0.15, -0.1) is 0 Å². The van der Waals surface area contributed by atoms with Crippen LogP contribution in [-0.2, 0) is 9.84 Å². The van der Waals surface area contributed by atoms with Gasteiger partial charge in [0, 0.05) is 30.3 Å². The van der Waals surface area contributed by atoms with Crippen molar-refractivity contribution in [2.24, 2.45) is 0 Å². The maximum Gasteiger partial charge on any atom is 0.164 e. The number of sulfone groups is 1. The summed E-state index contributed by atoms with van der Waals surface area (Å²) in [7, 11) is -3.06. The zero-order valence-electron chi connectivity index (χ0n) is 9.38. The first-order chi connectivity index (χ1) is 6.84. The minimum absolute atomic E-state index is 0.106. The van der Waals surface area contributed by atoms with E-state index >= 15 is 0 Å². The first-order valence-corrected chi connectivity index (χ1v) is 8.15. The van der Waals surface area contributed by atoms with E-state index in [1.54, 1.807) is 18.7 Å². The highest BCUT2D eigenvalue weighted by atomic mass is 32.2. The summed E-state index contributed by atoms with van der Waals surface area (Å²) in [5.74, 6) is 1.54. The second-order valence-corrected chi connectivity index (χ2v) is 7.43. The van der Waals surface area contributed by atoms with Crippen LogP contribution in [0.5, 0.6) is 0 Å². The molecule has 3 unspecified atom stereocenters. The number of hydrogen-bond donors (Lipinski definition) is 1. The maximum atomic E-state index is 11.6. The van der Waals surface area contributed by atoms with Crippen molar-refractivity contribution in [1.29, 1.82) is 0 Å². The molecule has 0 saturated carbocycles. The third-order valence-corrected chi connectivity index (χ3v) is 5.50. The second-order valence-electron chi connectivity index (χ2n) is 4.08. The summed E-state index contributed by atoms with van der Waals surface area (Å²) < 4.78 is 23.2. The van der Waals surface area contributed by atoms with Crippen LogP contribution in [-0.4, -0.2) is 60.3 Å². The summed E-state index contributed by atoms with van der Waals surface area (Å²) in [6.07, 6.45) is 0.767. The molecule has 0 aromatic rings. The standard InChI is InChI=1S/C9H19NO3S2/c1-7(8(2)11)10-4-5-14-6-9(10)15(3,12)13/h7-9,11H,4-6H2,1-3H3. The van der Waals surface area contributed by atoms with Crippen LogP contribution in [0.3, 0.4) is 0 Å². The highest BCUT2D eigenvalue weighted by Crippen LogP contribution is 2.23. The van der Waals surface area contributed by atoms with Crippen molar-refractivity contribution < 1.29 is 13.5 Å². The SMILES string of the molecule is CC(O)C(C)N1CCSCC1S(C)(=O)=O.